The zero-order valence-corrected chi connectivity index (χ0v) is 11.5. The number of nitrogens with zero attached hydrogens (tertiary/aromatic N) is 3. The van der Waals surface area contributed by atoms with E-state index in [4.69, 9.17) is 5.11 Å². The first-order valence-electron chi connectivity index (χ1n) is 5.36. The van der Waals surface area contributed by atoms with Gasteiger partial charge in [-0.2, -0.15) is 0 Å². The van der Waals surface area contributed by atoms with E-state index in [1.165, 1.54) is 11.8 Å². The lowest BCUT2D eigenvalue weighted by Crippen LogP contribution is -2.42. The topological polar surface area (TPSA) is 58.4 Å². The SMILES string of the molecule is CN(C)C(C)(C)Cn1ccnc1SCC(=O)O. The molecule has 1 rings (SSSR count). The Morgan fingerprint density at radius 3 is 2.76 bits per heavy atom. The van der Waals surface area contributed by atoms with Gasteiger partial charge in [0.15, 0.2) is 5.16 Å². The van der Waals surface area contributed by atoms with Crippen molar-refractivity contribution in [3.8, 4) is 0 Å². The van der Waals surface area contributed by atoms with Gasteiger partial charge in [-0.3, -0.25) is 4.79 Å². The van der Waals surface area contributed by atoms with Crippen molar-refractivity contribution in [3.05, 3.63) is 12.4 Å². The molecule has 0 spiro atoms. The summed E-state index contributed by atoms with van der Waals surface area (Å²) in [6.45, 7) is 5.05. The van der Waals surface area contributed by atoms with Crippen LogP contribution in [0.5, 0.6) is 0 Å². The largest absolute Gasteiger partial charge is 0.481 e. The van der Waals surface area contributed by atoms with Crippen LogP contribution in [0.25, 0.3) is 0 Å². The standard InChI is InChI=1S/C11H19N3O2S/c1-11(2,13(3)4)8-14-6-5-12-10(14)17-7-9(15)16/h5-6H,7-8H2,1-4H3,(H,15,16). The molecule has 1 N–H and O–H groups in total. The molecule has 6 heteroatoms. The molecule has 0 saturated heterocycles. The van der Waals surface area contributed by atoms with E-state index in [1.54, 1.807) is 6.20 Å². The van der Waals surface area contributed by atoms with Gasteiger partial charge < -0.3 is 14.6 Å². The highest BCUT2D eigenvalue weighted by atomic mass is 32.2. The van der Waals surface area contributed by atoms with Crippen molar-refractivity contribution in [2.24, 2.45) is 0 Å². The molecule has 0 unspecified atom stereocenters. The smallest absolute Gasteiger partial charge is 0.313 e. The van der Waals surface area contributed by atoms with Crippen LogP contribution in [0.2, 0.25) is 0 Å². The molecule has 0 radical (unpaired) electrons. The average Bonchev–Trinajstić information content (AvgIpc) is 2.61. The van der Waals surface area contributed by atoms with Gasteiger partial charge in [-0.1, -0.05) is 11.8 Å². The maximum absolute atomic E-state index is 10.5. The number of carbonyl (C=O) groups is 1. The highest BCUT2D eigenvalue weighted by Crippen LogP contribution is 2.20. The summed E-state index contributed by atoms with van der Waals surface area (Å²) < 4.78 is 1.99. The lowest BCUT2D eigenvalue weighted by atomic mass is 10.0. The molecule has 0 fully saturated rings. The van der Waals surface area contributed by atoms with Crippen molar-refractivity contribution in [2.75, 3.05) is 19.8 Å². The second kappa shape index (κ2) is 5.55. The van der Waals surface area contributed by atoms with Crippen LogP contribution in [-0.2, 0) is 11.3 Å². The second-order valence-corrected chi connectivity index (χ2v) is 5.67. The normalized spacial score (nSPS) is 12.1. The van der Waals surface area contributed by atoms with E-state index in [-0.39, 0.29) is 11.3 Å². The zero-order chi connectivity index (χ0) is 13.1. The lowest BCUT2D eigenvalue weighted by molar-refractivity contribution is -0.133. The fourth-order valence-electron chi connectivity index (χ4n) is 1.24. The van der Waals surface area contributed by atoms with Gasteiger partial charge in [0, 0.05) is 24.5 Å². The van der Waals surface area contributed by atoms with Crippen LogP contribution < -0.4 is 0 Å². The van der Waals surface area contributed by atoms with Gasteiger partial charge in [0.25, 0.3) is 0 Å². The third kappa shape index (κ3) is 4.05. The number of likely N-dealkylation sites (N-methyl/N-ethyl adjacent to an activating group) is 1. The summed E-state index contributed by atoms with van der Waals surface area (Å²) in [4.78, 5) is 16.8. The van der Waals surface area contributed by atoms with Gasteiger partial charge in [-0.05, 0) is 27.9 Å². The van der Waals surface area contributed by atoms with Gasteiger partial charge in [0.1, 0.15) is 0 Å². The minimum atomic E-state index is -0.823. The third-order valence-electron chi connectivity index (χ3n) is 2.77. The monoisotopic (exact) mass is 257 g/mol. The van der Waals surface area contributed by atoms with Crippen LogP contribution in [0, 0.1) is 0 Å². The molecule has 0 amide bonds. The summed E-state index contributed by atoms with van der Waals surface area (Å²) in [6.07, 6.45) is 3.59. The Morgan fingerprint density at radius 1 is 1.59 bits per heavy atom. The molecule has 0 aliphatic heterocycles. The van der Waals surface area contributed by atoms with E-state index in [1.807, 2.05) is 24.9 Å². The molecule has 96 valence electrons. The summed E-state index contributed by atoms with van der Waals surface area (Å²) in [7, 11) is 4.06. The first-order chi connectivity index (χ1) is 7.83. The average molecular weight is 257 g/mol. The summed E-state index contributed by atoms with van der Waals surface area (Å²) in [6, 6.07) is 0. The minimum Gasteiger partial charge on any atom is -0.481 e. The van der Waals surface area contributed by atoms with Crippen molar-refractivity contribution >= 4 is 17.7 Å². The molecular weight excluding hydrogens is 238 g/mol. The Labute approximate surface area is 106 Å². The van der Waals surface area contributed by atoms with Gasteiger partial charge in [0.2, 0.25) is 0 Å². The molecule has 1 heterocycles. The Kier molecular flexibility index (Phi) is 4.59. The summed E-state index contributed by atoms with van der Waals surface area (Å²) in [5.41, 5.74) is -0.000760. The van der Waals surface area contributed by atoms with Gasteiger partial charge in [-0.15, -0.1) is 0 Å². The van der Waals surface area contributed by atoms with Crippen LogP contribution in [0.15, 0.2) is 17.6 Å². The van der Waals surface area contributed by atoms with E-state index in [9.17, 15) is 4.79 Å². The second-order valence-electron chi connectivity index (χ2n) is 4.73. The maximum atomic E-state index is 10.5. The molecule has 0 bridgehead atoms. The fourth-order valence-corrected chi connectivity index (χ4v) is 1.92. The van der Waals surface area contributed by atoms with E-state index in [0.29, 0.717) is 0 Å². The lowest BCUT2D eigenvalue weighted by Gasteiger charge is -2.33. The number of hydrogen-bond donors (Lipinski definition) is 1. The van der Waals surface area contributed by atoms with Crippen molar-refractivity contribution in [1.29, 1.82) is 0 Å². The fraction of sp³-hybridized carbons (Fsp3) is 0.636. The quantitative estimate of drug-likeness (QED) is 0.781. The Hall–Kier alpha value is -1.01. The van der Waals surface area contributed by atoms with E-state index in [2.05, 4.69) is 23.7 Å². The molecule has 1 aromatic rings. The molecular formula is C11H19N3O2S. The molecule has 0 aliphatic carbocycles. The van der Waals surface area contributed by atoms with Gasteiger partial charge in [0.05, 0.1) is 5.75 Å². The maximum Gasteiger partial charge on any atom is 0.313 e. The van der Waals surface area contributed by atoms with Crippen LogP contribution in [0.3, 0.4) is 0 Å². The van der Waals surface area contributed by atoms with Crippen LogP contribution in [-0.4, -0.2) is 50.9 Å². The minimum absolute atomic E-state index is 0.000760. The van der Waals surface area contributed by atoms with Gasteiger partial charge in [-0.25, -0.2) is 4.98 Å². The predicted octanol–water partition coefficient (Wildman–Crippen LogP) is 1.40. The van der Waals surface area contributed by atoms with E-state index < -0.39 is 5.97 Å². The zero-order valence-electron chi connectivity index (χ0n) is 10.7. The van der Waals surface area contributed by atoms with Crippen LogP contribution in [0.1, 0.15) is 13.8 Å². The number of imidazole rings is 1. The molecule has 0 saturated carbocycles. The Bertz CT molecular complexity index is 388. The summed E-state index contributed by atoms with van der Waals surface area (Å²) in [5.74, 6) is -0.782. The van der Waals surface area contributed by atoms with Crippen LogP contribution in [0.4, 0.5) is 0 Å². The van der Waals surface area contributed by atoms with E-state index in [0.717, 1.165) is 11.7 Å². The van der Waals surface area contributed by atoms with Gasteiger partial charge >= 0.3 is 5.97 Å². The number of thioether (sulfide) groups is 1. The number of carboxylic acid groups (broad SMARTS) is 1. The van der Waals surface area contributed by atoms with Crippen molar-refractivity contribution in [2.45, 2.75) is 31.1 Å². The predicted molar refractivity (Wildman–Crippen MR) is 68.4 cm³/mol. The molecule has 1 aromatic heterocycles. The molecule has 0 atom stereocenters. The van der Waals surface area contributed by atoms with Crippen LogP contribution >= 0.6 is 11.8 Å². The first-order valence-corrected chi connectivity index (χ1v) is 6.34. The van der Waals surface area contributed by atoms with Crippen molar-refractivity contribution in [1.82, 2.24) is 14.5 Å². The molecule has 5 nitrogen and oxygen atoms in total. The highest BCUT2D eigenvalue weighted by molar-refractivity contribution is 7.99. The number of hydrogen-bond acceptors (Lipinski definition) is 4. The Balaban J connectivity index is 2.72. The highest BCUT2D eigenvalue weighted by Gasteiger charge is 2.22. The first kappa shape index (κ1) is 14.1. The third-order valence-corrected chi connectivity index (χ3v) is 3.76. The number of carboxylic acids is 1. The number of aliphatic carboxylic acids is 1. The molecule has 0 aliphatic rings. The van der Waals surface area contributed by atoms with E-state index >= 15 is 0 Å². The Morgan fingerprint density at radius 2 is 2.24 bits per heavy atom. The summed E-state index contributed by atoms with van der Waals surface area (Å²) >= 11 is 1.25. The molecule has 17 heavy (non-hydrogen) atoms. The summed E-state index contributed by atoms with van der Waals surface area (Å²) in [5, 5.41) is 9.41. The van der Waals surface area contributed by atoms with Crippen molar-refractivity contribution in [3.63, 3.8) is 0 Å². The van der Waals surface area contributed by atoms with Crippen molar-refractivity contribution < 1.29 is 9.90 Å². The number of rotatable bonds is 6. The molecule has 0 aromatic carbocycles. The number of aromatic nitrogens is 2.